The predicted molar refractivity (Wildman–Crippen MR) is 43.9 cm³/mol. The largest absolute Gasteiger partial charge is 0.420 e. The van der Waals surface area contributed by atoms with Gasteiger partial charge in [0.15, 0.2) is 0 Å². The lowest BCUT2D eigenvalue weighted by atomic mass is 10.2. The summed E-state index contributed by atoms with van der Waals surface area (Å²) in [5.74, 6) is 0.0735. The molecule has 0 bridgehead atoms. The molecule has 0 rings (SSSR count). The van der Waals surface area contributed by atoms with Crippen LogP contribution in [0, 0.1) is 5.92 Å². The summed E-state index contributed by atoms with van der Waals surface area (Å²) in [6, 6.07) is 0. The van der Waals surface area contributed by atoms with E-state index in [0.717, 1.165) is 0 Å². The maximum atomic E-state index is 10.8. The molecule has 0 aliphatic heterocycles. The molecule has 0 aromatic rings. The van der Waals surface area contributed by atoms with Crippen LogP contribution in [0.15, 0.2) is 0 Å². The molecule has 0 radical (unpaired) electrons. The first-order valence-corrected chi connectivity index (χ1v) is 5.13. The third-order valence-corrected chi connectivity index (χ3v) is 2.31. The predicted octanol–water partition coefficient (Wildman–Crippen LogP) is 0.458. The number of carbonyl (C=O) groups is 1. The Balaban J connectivity index is 3.98. The lowest BCUT2D eigenvalue weighted by molar-refractivity contribution is 0.212. The molecule has 0 fully saturated rings. The smallest absolute Gasteiger partial charge is 0.334 e. The lowest BCUT2D eigenvalue weighted by Crippen LogP contribution is -2.21. The van der Waals surface area contributed by atoms with E-state index in [1.807, 2.05) is 13.8 Å². The van der Waals surface area contributed by atoms with E-state index in [1.54, 1.807) is 0 Å². The molecular formula is C6H13NO4S. The van der Waals surface area contributed by atoms with Crippen LogP contribution in [-0.2, 0) is 14.3 Å². The van der Waals surface area contributed by atoms with Gasteiger partial charge in [0.05, 0.1) is 5.75 Å². The minimum absolute atomic E-state index is 0.173. The third kappa shape index (κ3) is 5.96. The first-order chi connectivity index (χ1) is 5.33. The van der Waals surface area contributed by atoms with Gasteiger partial charge in [0.1, 0.15) is 0 Å². The Morgan fingerprint density at radius 3 is 2.33 bits per heavy atom. The number of nitrogens with two attached hydrogens (primary N) is 1. The number of carbonyl (C=O) groups excluding carboxylic acids is 1. The highest BCUT2D eigenvalue weighted by atomic mass is 32.2. The number of hydrogen-bond donors (Lipinski definition) is 1. The van der Waals surface area contributed by atoms with Gasteiger partial charge in [-0.25, -0.2) is 4.79 Å². The fourth-order valence-corrected chi connectivity index (χ4v) is 1.64. The third-order valence-electron chi connectivity index (χ3n) is 1.15. The number of rotatable bonds is 4. The fourth-order valence-electron chi connectivity index (χ4n) is 0.547. The van der Waals surface area contributed by atoms with Gasteiger partial charge in [-0.15, -0.1) is 0 Å². The minimum atomic E-state index is -3.75. The summed E-state index contributed by atoms with van der Waals surface area (Å²) in [6.07, 6.45) is -0.825. The fraction of sp³-hybridized carbons (Fsp3) is 0.833. The standard InChI is InChI=1S/C6H13NO4S/c1-5(2)3-4-12(9,10)11-6(7)8/h5H,3-4H2,1-2H3,(H2,7,8). The monoisotopic (exact) mass is 195 g/mol. The van der Waals surface area contributed by atoms with Crippen LogP contribution in [0.2, 0.25) is 0 Å². The van der Waals surface area contributed by atoms with Gasteiger partial charge in [-0.05, 0) is 12.3 Å². The lowest BCUT2D eigenvalue weighted by Gasteiger charge is -2.04. The Labute approximate surface area is 72.0 Å². The second kappa shape index (κ2) is 4.30. The molecule has 1 amide bonds. The van der Waals surface area contributed by atoms with E-state index < -0.39 is 16.2 Å². The molecule has 0 aromatic heterocycles. The van der Waals surface area contributed by atoms with Gasteiger partial charge in [0.2, 0.25) is 0 Å². The summed E-state index contributed by atoms with van der Waals surface area (Å²) in [7, 11) is -3.75. The molecule has 12 heavy (non-hydrogen) atoms. The van der Waals surface area contributed by atoms with Gasteiger partial charge in [-0.2, -0.15) is 8.42 Å². The van der Waals surface area contributed by atoms with E-state index in [-0.39, 0.29) is 11.7 Å². The Morgan fingerprint density at radius 2 is 2.00 bits per heavy atom. The van der Waals surface area contributed by atoms with Crippen LogP contribution < -0.4 is 5.73 Å². The summed E-state index contributed by atoms with van der Waals surface area (Å²) < 4.78 is 25.5. The molecule has 0 unspecified atom stereocenters. The van der Waals surface area contributed by atoms with E-state index >= 15 is 0 Å². The van der Waals surface area contributed by atoms with Gasteiger partial charge in [-0.1, -0.05) is 13.8 Å². The molecule has 0 atom stereocenters. The number of amides is 1. The molecule has 0 saturated heterocycles. The van der Waals surface area contributed by atoms with Crippen molar-refractivity contribution in [3.8, 4) is 0 Å². The average molecular weight is 195 g/mol. The van der Waals surface area contributed by atoms with E-state index in [1.165, 1.54) is 0 Å². The molecular weight excluding hydrogens is 182 g/mol. The molecule has 0 spiro atoms. The average Bonchev–Trinajstić information content (AvgIpc) is 1.81. The quantitative estimate of drug-likeness (QED) is 0.660. The molecule has 6 heteroatoms. The summed E-state index contributed by atoms with van der Waals surface area (Å²) in [5.41, 5.74) is 4.54. The molecule has 0 aliphatic carbocycles. The van der Waals surface area contributed by atoms with Crippen LogP contribution >= 0.6 is 0 Å². The van der Waals surface area contributed by atoms with E-state index in [0.29, 0.717) is 6.42 Å². The van der Waals surface area contributed by atoms with Crippen LogP contribution in [0.3, 0.4) is 0 Å². The Morgan fingerprint density at radius 1 is 1.50 bits per heavy atom. The van der Waals surface area contributed by atoms with E-state index in [4.69, 9.17) is 0 Å². The summed E-state index contributed by atoms with van der Waals surface area (Å²) in [6.45, 7) is 3.75. The van der Waals surface area contributed by atoms with Crippen LogP contribution in [0.25, 0.3) is 0 Å². The Bertz CT molecular complexity index is 244. The molecule has 5 nitrogen and oxygen atoms in total. The first-order valence-electron chi connectivity index (χ1n) is 3.55. The van der Waals surface area contributed by atoms with Crippen molar-refractivity contribution in [3.05, 3.63) is 0 Å². The summed E-state index contributed by atoms with van der Waals surface area (Å²) in [5, 5.41) is 0. The topological polar surface area (TPSA) is 86.5 Å². The van der Waals surface area contributed by atoms with Gasteiger partial charge < -0.3 is 9.92 Å². The van der Waals surface area contributed by atoms with Crippen molar-refractivity contribution in [1.29, 1.82) is 0 Å². The normalized spacial score (nSPS) is 11.6. The second-order valence-corrected chi connectivity index (χ2v) is 4.54. The van der Waals surface area contributed by atoms with Crippen LogP contribution in [0.4, 0.5) is 4.79 Å². The van der Waals surface area contributed by atoms with Crippen molar-refractivity contribution >= 4 is 16.2 Å². The van der Waals surface area contributed by atoms with Gasteiger partial charge in [0.25, 0.3) is 0 Å². The van der Waals surface area contributed by atoms with Gasteiger partial charge in [-0.3, -0.25) is 0 Å². The molecule has 0 aliphatic rings. The van der Waals surface area contributed by atoms with Crippen molar-refractivity contribution < 1.29 is 17.4 Å². The van der Waals surface area contributed by atoms with E-state index in [2.05, 4.69) is 9.92 Å². The SMILES string of the molecule is CC(C)CCS(=O)(=O)OC(N)=O. The van der Waals surface area contributed by atoms with Crippen LogP contribution in [-0.4, -0.2) is 20.3 Å². The molecule has 0 heterocycles. The van der Waals surface area contributed by atoms with Crippen molar-refractivity contribution in [2.24, 2.45) is 11.7 Å². The highest BCUT2D eigenvalue weighted by Gasteiger charge is 2.14. The van der Waals surface area contributed by atoms with Crippen molar-refractivity contribution in [3.63, 3.8) is 0 Å². The number of hydrogen-bond acceptors (Lipinski definition) is 4. The zero-order chi connectivity index (χ0) is 9.78. The molecule has 2 N–H and O–H groups in total. The van der Waals surface area contributed by atoms with Gasteiger partial charge in [0, 0.05) is 0 Å². The first kappa shape index (κ1) is 11.2. The summed E-state index contributed by atoms with van der Waals surface area (Å²) in [4.78, 5) is 10.1. The van der Waals surface area contributed by atoms with Crippen molar-refractivity contribution in [2.75, 3.05) is 5.75 Å². The number of primary amides is 1. The Hall–Kier alpha value is -0.780. The maximum Gasteiger partial charge on any atom is 0.420 e. The summed E-state index contributed by atoms with van der Waals surface area (Å²) >= 11 is 0. The zero-order valence-corrected chi connectivity index (χ0v) is 7.93. The van der Waals surface area contributed by atoms with Crippen molar-refractivity contribution in [2.45, 2.75) is 20.3 Å². The van der Waals surface area contributed by atoms with Crippen LogP contribution in [0.5, 0.6) is 0 Å². The molecule has 0 saturated carbocycles. The highest BCUT2D eigenvalue weighted by Crippen LogP contribution is 2.04. The zero-order valence-electron chi connectivity index (χ0n) is 7.11. The highest BCUT2D eigenvalue weighted by molar-refractivity contribution is 7.87. The molecule has 72 valence electrons. The Kier molecular flexibility index (Phi) is 4.02. The van der Waals surface area contributed by atoms with Gasteiger partial charge >= 0.3 is 16.2 Å². The molecule has 0 aromatic carbocycles. The van der Waals surface area contributed by atoms with E-state index in [9.17, 15) is 13.2 Å². The minimum Gasteiger partial charge on any atom is -0.334 e. The van der Waals surface area contributed by atoms with Crippen molar-refractivity contribution in [1.82, 2.24) is 0 Å². The second-order valence-electron chi connectivity index (χ2n) is 2.85. The maximum absolute atomic E-state index is 10.8. The van der Waals surface area contributed by atoms with Crippen LogP contribution in [0.1, 0.15) is 20.3 Å².